The first-order chi connectivity index (χ1) is 12.5. The Bertz CT molecular complexity index is 783. The van der Waals surface area contributed by atoms with E-state index in [1.807, 2.05) is 36.1 Å². The molecule has 1 amide bonds. The fourth-order valence-corrected chi connectivity index (χ4v) is 4.84. The third-order valence-electron chi connectivity index (χ3n) is 4.85. The molecule has 0 saturated carbocycles. The zero-order valence-electron chi connectivity index (χ0n) is 14.9. The van der Waals surface area contributed by atoms with Gasteiger partial charge in [0, 0.05) is 46.1 Å². The predicted molar refractivity (Wildman–Crippen MR) is 105 cm³/mol. The molecule has 0 unspecified atom stereocenters. The average Bonchev–Trinajstić information content (AvgIpc) is 3.07. The summed E-state index contributed by atoms with van der Waals surface area (Å²) < 4.78 is 11.5. The van der Waals surface area contributed by atoms with Gasteiger partial charge in [-0.05, 0) is 49.8 Å². The molecule has 5 nitrogen and oxygen atoms in total. The molecule has 3 rings (SSSR count). The molecular formula is C19H24ClN3O2S. The fourth-order valence-electron chi connectivity index (χ4n) is 3.24. The van der Waals surface area contributed by atoms with Crippen molar-refractivity contribution in [2.24, 2.45) is 5.92 Å². The average molecular weight is 394 g/mol. The zero-order valence-corrected chi connectivity index (χ0v) is 16.5. The molecule has 7 heteroatoms. The molecule has 1 aliphatic rings. The van der Waals surface area contributed by atoms with E-state index in [1.54, 1.807) is 6.07 Å². The Morgan fingerprint density at radius 1 is 1.35 bits per heavy atom. The molecule has 1 N–H and O–H groups in total. The lowest BCUT2D eigenvalue weighted by Crippen LogP contribution is -2.33. The molecule has 0 aliphatic carbocycles. The van der Waals surface area contributed by atoms with Gasteiger partial charge in [-0.1, -0.05) is 29.8 Å². The summed E-state index contributed by atoms with van der Waals surface area (Å²) in [6.07, 6.45) is 2.86. The Labute approximate surface area is 161 Å². The van der Waals surface area contributed by atoms with Crippen LogP contribution in [0.25, 0.3) is 0 Å². The van der Waals surface area contributed by atoms with Gasteiger partial charge in [-0.25, -0.2) is 0 Å². The molecule has 0 atom stereocenters. The number of nitrogens with one attached hydrogen (secondary N) is 1. The molecule has 1 aromatic heterocycles. The number of benzene rings is 1. The molecule has 0 spiro atoms. The molecule has 2 heterocycles. The first-order valence-electron chi connectivity index (χ1n) is 8.92. The number of hydrogen-bond donors (Lipinski definition) is 1. The van der Waals surface area contributed by atoms with Gasteiger partial charge in [-0.3, -0.25) is 14.1 Å². The summed E-state index contributed by atoms with van der Waals surface area (Å²) in [7, 11) is -0.658. The molecule has 1 aromatic carbocycles. The lowest BCUT2D eigenvalue weighted by molar-refractivity contribution is 0.0726. The van der Waals surface area contributed by atoms with Crippen molar-refractivity contribution < 1.29 is 9.00 Å². The minimum atomic E-state index is -0.658. The van der Waals surface area contributed by atoms with Crippen molar-refractivity contribution in [3.8, 4) is 0 Å². The smallest absolute Gasteiger partial charge is 0.274 e. The van der Waals surface area contributed by atoms with Gasteiger partial charge in [0.05, 0.1) is 0 Å². The first-order valence-corrected chi connectivity index (χ1v) is 10.8. The zero-order chi connectivity index (χ0) is 18.5. The van der Waals surface area contributed by atoms with Crippen LogP contribution in [0.5, 0.6) is 0 Å². The number of hydrogen-bond acceptors (Lipinski definition) is 3. The van der Waals surface area contributed by atoms with Crippen molar-refractivity contribution in [1.29, 1.82) is 0 Å². The molecule has 0 radical (unpaired) electrons. The van der Waals surface area contributed by atoms with E-state index in [1.165, 1.54) is 0 Å². The number of rotatable bonds is 6. The molecule has 140 valence electrons. The number of amides is 1. The highest BCUT2D eigenvalue weighted by molar-refractivity contribution is 7.85. The maximum absolute atomic E-state index is 13.0. The van der Waals surface area contributed by atoms with Crippen molar-refractivity contribution in [3.63, 3.8) is 0 Å². The topological polar surface area (TPSA) is 66.1 Å². The maximum atomic E-state index is 13.0. The monoisotopic (exact) mass is 393 g/mol. The Balaban J connectivity index is 1.71. The van der Waals surface area contributed by atoms with E-state index in [0.717, 1.165) is 42.0 Å². The Morgan fingerprint density at radius 2 is 2.08 bits per heavy atom. The van der Waals surface area contributed by atoms with Gasteiger partial charge in [0.1, 0.15) is 5.69 Å². The van der Waals surface area contributed by atoms with Crippen LogP contribution in [0.1, 0.15) is 41.0 Å². The van der Waals surface area contributed by atoms with Gasteiger partial charge in [0.25, 0.3) is 5.91 Å². The van der Waals surface area contributed by atoms with E-state index in [9.17, 15) is 9.00 Å². The lowest BCUT2D eigenvalue weighted by atomic mass is 9.98. The van der Waals surface area contributed by atoms with Gasteiger partial charge < -0.3 is 4.90 Å². The SMILES string of the molecule is Cc1cc(C(=O)N(CCC2CCS(=O)CC2)Cc2ccccc2Cl)n[nH]1. The van der Waals surface area contributed by atoms with Gasteiger partial charge in [-0.2, -0.15) is 5.10 Å². The Morgan fingerprint density at radius 3 is 2.73 bits per heavy atom. The van der Waals surface area contributed by atoms with Crippen LogP contribution in [0, 0.1) is 12.8 Å². The third-order valence-corrected chi connectivity index (χ3v) is 6.60. The largest absolute Gasteiger partial charge is 0.333 e. The van der Waals surface area contributed by atoms with Crippen molar-refractivity contribution in [2.75, 3.05) is 18.1 Å². The number of nitrogens with zero attached hydrogens (tertiary/aromatic N) is 2. The van der Waals surface area contributed by atoms with E-state index >= 15 is 0 Å². The van der Waals surface area contributed by atoms with E-state index in [-0.39, 0.29) is 5.91 Å². The summed E-state index contributed by atoms with van der Waals surface area (Å²) in [4.78, 5) is 14.8. The van der Waals surface area contributed by atoms with E-state index in [2.05, 4.69) is 10.2 Å². The minimum Gasteiger partial charge on any atom is -0.333 e. The summed E-state index contributed by atoms with van der Waals surface area (Å²) >= 11 is 6.29. The normalized spacial score (nSPS) is 20.1. The number of halogens is 1. The number of carbonyl (C=O) groups is 1. The highest BCUT2D eigenvalue weighted by atomic mass is 35.5. The van der Waals surface area contributed by atoms with E-state index in [4.69, 9.17) is 11.6 Å². The number of aromatic nitrogens is 2. The van der Waals surface area contributed by atoms with Crippen LogP contribution >= 0.6 is 11.6 Å². The summed E-state index contributed by atoms with van der Waals surface area (Å²) in [6.45, 7) is 2.99. The standard InChI is InChI=1S/C19H24ClN3O2S/c1-14-12-18(22-21-14)19(24)23(13-16-4-2-3-5-17(16)20)9-6-15-7-10-26(25)11-8-15/h2-5,12,15H,6-11,13H2,1H3,(H,21,22). The number of aryl methyl sites for hydroxylation is 1. The number of aromatic amines is 1. The molecule has 2 aromatic rings. The second-order valence-electron chi connectivity index (χ2n) is 6.83. The minimum absolute atomic E-state index is 0.0892. The number of carbonyl (C=O) groups excluding carboxylic acids is 1. The van der Waals surface area contributed by atoms with Crippen LogP contribution in [0.2, 0.25) is 5.02 Å². The van der Waals surface area contributed by atoms with Crippen LogP contribution in [-0.2, 0) is 17.3 Å². The highest BCUT2D eigenvalue weighted by Crippen LogP contribution is 2.23. The van der Waals surface area contributed by atoms with Gasteiger partial charge in [-0.15, -0.1) is 0 Å². The van der Waals surface area contributed by atoms with Crippen molar-refractivity contribution in [2.45, 2.75) is 32.7 Å². The Kier molecular flexibility index (Phi) is 6.48. The maximum Gasteiger partial charge on any atom is 0.274 e. The van der Waals surface area contributed by atoms with Crippen LogP contribution in [0.3, 0.4) is 0 Å². The van der Waals surface area contributed by atoms with Crippen LogP contribution in [-0.4, -0.2) is 43.3 Å². The predicted octanol–water partition coefficient (Wildman–Crippen LogP) is 3.56. The summed E-state index contributed by atoms with van der Waals surface area (Å²) in [5, 5.41) is 7.61. The van der Waals surface area contributed by atoms with Crippen LogP contribution in [0.15, 0.2) is 30.3 Å². The van der Waals surface area contributed by atoms with Crippen LogP contribution < -0.4 is 0 Å². The Hall–Kier alpha value is -1.66. The fraction of sp³-hybridized carbons (Fsp3) is 0.474. The lowest BCUT2D eigenvalue weighted by Gasteiger charge is -2.27. The number of H-pyrrole nitrogens is 1. The molecule has 1 aliphatic heterocycles. The second-order valence-corrected chi connectivity index (χ2v) is 8.94. The van der Waals surface area contributed by atoms with E-state index < -0.39 is 10.8 Å². The van der Waals surface area contributed by atoms with Gasteiger partial charge in [0.2, 0.25) is 0 Å². The van der Waals surface area contributed by atoms with Gasteiger partial charge in [0.15, 0.2) is 0 Å². The first kappa shape index (κ1) is 19.1. The quantitative estimate of drug-likeness (QED) is 0.815. The summed E-state index contributed by atoms with van der Waals surface area (Å²) in [6, 6.07) is 9.37. The molecule has 26 heavy (non-hydrogen) atoms. The van der Waals surface area contributed by atoms with Crippen molar-refractivity contribution >= 4 is 28.3 Å². The molecule has 0 bridgehead atoms. The summed E-state index contributed by atoms with van der Waals surface area (Å²) in [5.74, 6) is 1.99. The van der Waals surface area contributed by atoms with Crippen LogP contribution in [0.4, 0.5) is 0 Å². The summed E-state index contributed by atoms with van der Waals surface area (Å²) in [5.41, 5.74) is 2.22. The molecule has 1 saturated heterocycles. The third kappa shape index (κ3) is 4.95. The van der Waals surface area contributed by atoms with E-state index in [0.29, 0.717) is 29.7 Å². The van der Waals surface area contributed by atoms with Crippen molar-refractivity contribution in [3.05, 3.63) is 52.3 Å². The second kappa shape index (κ2) is 8.82. The highest BCUT2D eigenvalue weighted by Gasteiger charge is 2.23. The molecular weight excluding hydrogens is 370 g/mol. The van der Waals surface area contributed by atoms with Crippen molar-refractivity contribution in [1.82, 2.24) is 15.1 Å². The molecule has 1 fully saturated rings. The van der Waals surface area contributed by atoms with Gasteiger partial charge >= 0.3 is 0 Å².